The number of nitrogens with one attached hydrogen (secondary N) is 1. The van der Waals surface area contributed by atoms with Crippen molar-refractivity contribution in [3.63, 3.8) is 0 Å². The van der Waals surface area contributed by atoms with Gasteiger partial charge in [0.15, 0.2) is 0 Å². The predicted molar refractivity (Wildman–Crippen MR) is 116 cm³/mol. The molecule has 0 aliphatic carbocycles. The summed E-state index contributed by atoms with van der Waals surface area (Å²) in [4.78, 5) is 12.5. The van der Waals surface area contributed by atoms with Gasteiger partial charge in [0.05, 0.1) is 5.75 Å². The van der Waals surface area contributed by atoms with Crippen molar-refractivity contribution in [2.24, 2.45) is 5.92 Å². The Morgan fingerprint density at radius 1 is 1.07 bits per heavy atom. The van der Waals surface area contributed by atoms with E-state index < -0.39 is 10.0 Å². The van der Waals surface area contributed by atoms with Gasteiger partial charge in [0.1, 0.15) is 0 Å². The summed E-state index contributed by atoms with van der Waals surface area (Å²) in [6.07, 6.45) is 1.14. The number of sulfonamides is 1. The quantitative estimate of drug-likeness (QED) is 0.755. The molecule has 156 valence electrons. The largest absolute Gasteiger partial charge is 0.355 e. The summed E-state index contributed by atoms with van der Waals surface area (Å²) >= 11 is 0. The zero-order valence-corrected chi connectivity index (χ0v) is 18.0. The van der Waals surface area contributed by atoms with Crippen molar-refractivity contribution >= 4 is 15.9 Å². The molecule has 1 amide bonds. The van der Waals surface area contributed by atoms with E-state index in [2.05, 4.69) is 24.4 Å². The second-order valence-corrected chi connectivity index (χ2v) is 9.88. The van der Waals surface area contributed by atoms with Crippen molar-refractivity contribution in [2.75, 3.05) is 19.6 Å². The molecule has 0 saturated carbocycles. The molecule has 1 saturated heterocycles. The number of carbonyl (C=O) groups excluding carboxylic acids is 1. The van der Waals surface area contributed by atoms with Gasteiger partial charge in [0.2, 0.25) is 15.9 Å². The molecule has 0 unspecified atom stereocenters. The SMILES string of the molecule is Cc1ccccc1CS(=O)(=O)N1CCC(C(=O)NC[C@@H](C)c2ccccc2)CC1. The van der Waals surface area contributed by atoms with Crippen LogP contribution in [0.5, 0.6) is 0 Å². The molecule has 29 heavy (non-hydrogen) atoms. The molecule has 2 aromatic carbocycles. The van der Waals surface area contributed by atoms with Crippen molar-refractivity contribution in [1.29, 1.82) is 0 Å². The fraction of sp³-hybridized carbons (Fsp3) is 0.435. The van der Waals surface area contributed by atoms with Crippen LogP contribution in [0.4, 0.5) is 0 Å². The van der Waals surface area contributed by atoms with Crippen LogP contribution in [0.1, 0.15) is 42.4 Å². The monoisotopic (exact) mass is 414 g/mol. The summed E-state index contributed by atoms with van der Waals surface area (Å²) in [5.74, 6) is 0.173. The summed E-state index contributed by atoms with van der Waals surface area (Å²) < 4.78 is 27.1. The first-order chi connectivity index (χ1) is 13.9. The molecule has 0 bridgehead atoms. The molecule has 1 atom stereocenters. The number of hydrogen-bond acceptors (Lipinski definition) is 3. The third-order valence-corrected chi connectivity index (χ3v) is 7.60. The number of carbonyl (C=O) groups is 1. The summed E-state index contributed by atoms with van der Waals surface area (Å²) in [7, 11) is -3.37. The van der Waals surface area contributed by atoms with Crippen molar-refractivity contribution in [2.45, 2.75) is 38.4 Å². The first-order valence-corrected chi connectivity index (χ1v) is 11.8. The van der Waals surface area contributed by atoms with E-state index in [9.17, 15) is 13.2 Å². The van der Waals surface area contributed by atoms with Crippen LogP contribution in [0.3, 0.4) is 0 Å². The van der Waals surface area contributed by atoms with Crippen molar-refractivity contribution < 1.29 is 13.2 Å². The number of amides is 1. The Bertz CT molecular complexity index is 920. The average molecular weight is 415 g/mol. The maximum Gasteiger partial charge on any atom is 0.223 e. The lowest BCUT2D eigenvalue weighted by Crippen LogP contribution is -2.43. The topological polar surface area (TPSA) is 66.5 Å². The van der Waals surface area contributed by atoms with Gasteiger partial charge in [-0.05, 0) is 42.4 Å². The zero-order chi connectivity index (χ0) is 20.9. The maximum absolute atomic E-state index is 12.8. The molecule has 1 aliphatic heterocycles. The van der Waals surface area contributed by atoms with Crippen LogP contribution < -0.4 is 5.32 Å². The summed E-state index contributed by atoms with van der Waals surface area (Å²) in [6, 6.07) is 17.7. The number of piperidine rings is 1. The highest BCUT2D eigenvalue weighted by Crippen LogP contribution is 2.23. The lowest BCUT2D eigenvalue weighted by atomic mass is 9.96. The first kappa shape index (κ1) is 21.5. The Morgan fingerprint density at radius 2 is 1.69 bits per heavy atom. The van der Waals surface area contributed by atoms with Crippen molar-refractivity contribution in [3.8, 4) is 0 Å². The highest BCUT2D eigenvalue weighted by Gasteiger charge is 2.31. The van der Waals surface area contributed by atoms with Gasteiger partial charge < -0.3 is 5.32 Å². The van der Waals surface area contributed by atoms with Crippen molar-refractivity contribution in [3.05, 3.63) is 71.3 Å². The fourth-order valence-corrected chi connectivity index (χ4v) is 5.42. The molecular formula is C23H30N2O3S. The molecule has 0 spiro atoms. The van der Waals surface area contributed by atoms with Gasteiger partial charge in [-0.15, -0.1) is 0 Å². The molecule has 0 radical (unpaired) electrons. The Morgan fingerprint density at radius 3 is 2.34 bits per heavy atom. The van der Waals surface area contributed by atoms with E-state index in [-0.39, 0.29) is 23.5 Å². The van der Waals surface area contributed by atoms with E-state index in [0.29, 0.717) is 32.5 Å². The van der Waals surface area contributed by atoms with Gasteiger partial charge in [-0.3, -0.25) is 4.79 Å². The molecule has 0 aromatic heterocycles. The predicted octanol–water partition coefficient (Wildman–Crippen LogP) is 3.46. The summed E-state index contributed by atoms with van der Waals surface area (Å²) in [5, 5.41) is 3.04. The van der Waals surface area contributed by atoms with Gasteiger partial charge in [0, 0.05) is 25.6 Å². The van der Waals surface area contributed by atoms with Crippen LogP contribution in [-0.2, 0) is 20.6 Å². The van der Waals surface area contributed by atoms with Crippen LogP contribution in [0.25, 0.3) is 0 Å². The van der Waals surface area contributed by atoms with E-state index in [1.807, 2.05) is 49.4 Å². The van der Waals surface area contributed by atoms with E-state index in [1.165, 1.54) is 9.87 Å². The number of aryl methyl sites for hydroxylation is 1. The third kappa shape index (κ3) is 5.67. The molecule has 1 fully saturated rings. The van der Waals surface area contributed by atoms with Crippen LogP contribution in [-0.4, -0.2) is 38.3 Å². The maximum atomic E-state index is 12.8. The number of benzene rings is 2. The minimum absolute atomic E-state index is 0.0190. The Balaban J connectivity index is 1.49. The zero-order valence-electron chi connectivity index (χ0n) is 17.2. The minimum Gasteiger partial charge on any atom is -0.355 e. The molecule has 6 heteroatoms. The highest BCUT2D eigenvalue weighted by atomic mass is 32.2. The standard InChI is InChI=1S/C23H30N2O3S/c1-18-8-6-7-11-22(18)17-29(27,28)25-14-12-21(13-15-25)23(26)24-16-19(2)20-9-4-3-5-10-20/h3-11,19,21H,12-17H2,1-2H3,(H,24,26)/t19-/m1/s1. The second-order valence-electron chi connectivity index (χ2n) is 7.91. The number of nitrogens with zero attached hydrogens (tertiary/aromatic N) is 1. The molecular weight excluding hydrogens is 384 g/mol. The van der Waals surface area contributed by atoms with Gasteiger partial charge in [-0.25, -0.2) is 12.7 Å². The summed E-state index contributed by atoms with van der Waals surface area (Å²) in [5.41, 5.74) is 3.02. The van der Waals surface area contributed by atoms with E-state index in [0.717, 1.165) is 11.1 Å². The highest BCUT2D eigenvalue weighted by molar-refractivity contribution is 7.88. The number of rotatable bonds is 7. The van der Waals surface area contributed by atoms with E-state index in [1.54, 1.807) is 0 Å². The van der Waals surface area contributed by atoms with Crippen LogP contribution in [0.2, 0.25) is 0 Å². The fourth-order valence-electron chi connectivity index (χ4n) is 3.75. The first-order valence-electron chi connectivity index (χ1n) is 10.2. The van der Waals surface area contributed by atoms with Gasteiger partial charge >= 0.3 is 0 Å². The molecule has 1 N–H and O–H groups in total. The molecule has 1 heterocycles. The molecule has 5 nitrogen and oxygen atoms in total. The summed E-state index contributed by atoms with van der Waals surface area (Å²) in [6.45, 7) is 5.42. The molecule has 1 aliphatic rings. The Kier molecular flexibility index (Phi) is 7.09. The van der Waals surface area contributed by atoms with Gasteiger partial charge in [-0.1, -0.05) is 61.5 Å². The lowest BCUT2D eigenvalue weighted by molar-refractivity contribution is -0.126. The lowest BCUT2D eigenvalue weighted by Gasteiger charge is -2.31. The Labute approximate surface area is 174 Å². The number of hydrogen-bond donors (Lipinski definition) is 1. The minimum atomic E-state index is -3.37. The molecule has 3 rings (SSSR count). The Hall–Kier alpha value is -2.18. The van der Waals surface area contributed by atoms with E-state index in [4.69, 9.17) is 0 Å². The third-order valence-electron chi connectivity index (χ3n) is 5.77. The van der Waals surface area contributed by atoms with Gasteiger partial charge in [0.25, 0.3) is 0 Å². The second kappa shape index (κ2) is 9.55. The molecule has 2 aromatic rings. The van der Waals surface area contributed by atoms with E-state index >= 15 is 0 Å². The van der Waals surface area contributed by atoms with Crippen molar-refractivity contribution in [1.82, 2.24) is 9.62 Å². The normalized spacial score (nSPS) is 17.0. The van der Waals surface area contributed by atoms with Gasteiger partial charge in [-0.2, -0.15) is 0 Å². The smallest absolute Gasteiger partial charge is 0.223 e. The van der Waals surface area contributed by atoms with Crippen LogP contribution >= 0.6 is 0 Å². The van der Waals surface area contributed by atoms with Crippen LogP contribution in [0, 0.1) is 12.8 Å². The van der Waals surface area contributed by atoms with Crippen LogP contribution in [0.15, 0.2) is 54.6 Å². The average Bonchev–Trinajstić information content (AvgIpc) is 2.74.